The number of carbonyl (C=O) groups is 1. The van der Waals surface area contributed by atoms with Crippen molar-refractivity contribution in [2.45, 2.75) is 25.8 Å². The Balaban J connectivity index is 1.74. The number of benzene rings is 2. The van der Waals surface area contributed by atoms with Gasteiger partial charge in [0.2, 0.25) is 5.91 Å². The summed E-state index contributed by atoms with van der Waals surface area (Å²) in [6.07, 6.45) is 1.45. The molecular weight excluding hydrogens is 329 g/mol. The van der Waals surface area contributed by atoms with Crippen molar-refractivity contribution in [1.29, 1.82) is 0 Å². The van der Waals surface area contributed by atoms with Gasteiger partial charge in [-0.3, -0.25) is 4.79 Å². The van der Waals surface area contributed by atoms with E-state index in [0.29, 0.717) is 16.5 Å². The van der Waals surface area contributed by atoms with E-state index in [1.54, 1.807) is 0 Å². The molecule has 1 aliphatic heterocycles. The summed E-state index contributed by atoms with van der Waals surface area (Å²) in [6, 6.07) is 15.7. The second-order valence-corrected chi connectivity index (χ2v) is 6.82. The number of halogens is 2. The maximum absolute atomic E-state index is 12.8. The van der Waals surface area contributed by atoms with Gasteiger partial charge in [-0.15, -0.1) is 0 Å². The van der Waals surface area contributed by atoms with Crippen LogP contribution in [0.3, 0.4) is 0 Å². The van der Waals surface area contributed by atoms with E-state index in [1.807, 2.05) is 41.3 Å². The van der Waals surface area contributed by atoms with Gasteiger partial charge in [-0.1, -0.05) is 59.6 Å². The predicted octanol–water partition coefficient (Wildman–Crippen LogP) is 5.15. The lowest BCUT2D eigenvalue weighted by molar-refractivity contribution is -0.132. The summed E-state index contributed by atoms with van der Waals surface area (Å²) >= 11 is 12.5. The predicted molar refractivity (Wildman–Crippen MR) is 94.8 cm³/mol. The van der Waals surface area contributed by atoms with Crippen LogP contribution in [0, 0.1) is 5.92 Å². The zero-order chi connectivity index (χ0) is 16.4. The number of nitrogens with zero attached hydrogens (tertiary/aromatic N) is 1. The minimum Gasteiger partial charge on any atom is -0.336 e. The first-order chi connectivity index (χ1) is 11.1. The largest absolute Gasteiger partial charge is 0.336 e. The van der Waals surface area contributed by atoms with Crippen molar-refractivity contribution in [3.63, 3.8) is 0 Å². The van der Waals surface area contributed by atoms with E-state index in [0.717, 1.165) is 24.1 Å². The molecule has 0 aliphatic carbocycles. The van der Waals surface area contributed by atoms with Gasteiger partial charge in [-0.2, -0.15) is 0 Å². The van der Waals surface area contributed by atoms with Crippen molar-refractivity contribution in [2.75, 3.05) is 6.54 Å². The molecule has 23 heavy (non-hydrogen) atoms. The molecule has 1 heterocycles. The van der Waals surface area contributed by atoms with Crippen molar-refractivity contribution in [3.8, 4) is 0 Å². The summed E-state index contributed by atoms with van der Waals surface area (Å²) in [7, 11) is 0. The highest BCUT2D eigenvalue weighted by molar-refractivity contribution is 6.36. The molecule has 1 saturated heterocycles. The van der Waals surface area contributed by atoms with E-state index in [4.69, 9.17) is 23.2 Å². The molecule has 0 N–H and O–H groups in total. The average Bonchev–Trinajstić information content (AvgIpc) is 2.92. The van der Waals surface area contributed by atoms with Gasteiger partial charge >= 0.3 is 0 Å². The van der Waals surface area contributed by atoms with Gasteiger partial charge in [0.05, 0.1) is 6.04 Å². The zero-order valence-electron chi connectivity index (χ0n) is 13.0. The fourth-order valence-electron chi connectivity index (χ4n) is 3.22. The van der Waals surface area contributed by atoms with Crippen LogP contribution in [-0.4, -0.2) is 17.4 Å². The molecule has 1 amide bonds. The lowest BCUT2D eigenvalue weighted by Crippen LogP contribution is -2.30. The Morgan fingerprint density at radius 1 is 1.09 bits per heavy atom. The van der Waals surface area contributed by atoms with Crippen LogP contribution in [0.1, 0.15) is 30.5 Å². The summed E-state index contributed by atoms with van der Waals surface area (Å²) in [5.41, 5.74) is 2.04. The second-order valence-electron chi connectivity index (χ2n) is 6.01. The number of likely N-dealkylation sites (tertiary alicyclic amines) is 1. The molecule has 0 bridgehead atoms. The van der Waals surface area contributed by atoms with E-state index in [-0.39, 0.29) is 17.9 Å². The van der Waals surface area contributed by atoms with Crippen LogP contribution in [0.2, 0.25) is 10.0 Å². The van der Waals surface area contributed by atoms with Crippen LogP contribution in [0.5, 0.6) is 0 Å². The summed E-state index contributed by atoms with van der Waals surface area (Å²) in [4.78, 5) is 14.8. The molecule has 2 unspecified atom stereocenters. The van der Waals surface area contributed by atoms with Crippen molar-refractivity contribution < 1.29 is 4.79 Å². The number of amides is 1. The van der Waals surface area contributed by atoms with Gasteiger partial charge in [0, 0.05) is 22.5 Å². The van der Waals surface area contributed by atoms with Gasteiger partial charge in [0.25, 0.3) is 0 Å². The van der Waals surface area contributed by atoms with Crippen LogP contribution in [0.15, 0.2) is 48.5 Å². The summed E-state index contributed by atoms with van der Waals surface area (Å²) in [5, 5.41) is 1.28. The third-order valence-electron chi connectivity index (χ3n) is 4.61. The molecule has 2 nitrogen and oxygen atoms in total. The molecule has 2 aromatic rings. The lowest BCUT2D eigenvalue weighted by atomic mass is 9.98. The lowest BCUT2D eigenvalue weighted by Gasteiger charge is -2.25. The van der Waals surface area contributed by atoms with Crippen LogP contribution < -0.4 is 0 Å². The molecule has 2 aromatic carbocycles. The summed E-state index contributed by atoms with van der Waals surface area (Å²) < 4.78 is 0. The topological polar surface area (TPSA) is 20.3 Å². The third-order valence-corrected chi connectivity index (χ3v) is 5.32. The van der Waals surface area contributed by atoms with Crippen LogP contribution in [0.25, 0.3) is 0 Å². The maximum Gasteiger partial charge on any atom is 0.226 e. The standard InChI is InChI=1S/C19H19Cl2NO/c1-13(14-6-3-2-4-7-14)22-11-10-15(19(22)23)12-16-17(20)8-5-9-18(16)21/h2-9,13,15H,10-12H2,1H3. The van der Waals surface area contributed by atoms with Gasteiger partial charge in [-0.05, 0) is 43.0 Å². The minimum absolute atomic E-state index is 0.0430. The summed E-state index contributed by atoms with van der Waals surface area (Å²) in [6.45, 7) is 2.86. The zero-order valence-corrected chi connectivity index (χ0v) is 14.5. The van der Waals surface area contributed by atoms with Crippen molar-refractivity contribution >= 4 is 29.1 Å². The van der Waals surface area contributed by atoms with Gasteiger partial charge in [0.15, 0.2) is 0 Å². The van der Waals surface area contributed by atoms with Crippen molar-refractivity contribution in [3.05, 3.63) is 69.7 Å². The highest BCUT2D eigenvalue weighted by Gasteiger charge is 2.35. The van der Waals surface area contributed by atoms with Crippen molar-refractivity contribution in [2.24, 2.45) is 5.92 Å². The Labute approximate surface area is 147 Å². The smallest absolute Gasteiger partial charge is 0.226 e. The first-order valence-corrected chi connectivity index (χ1v) is 8.62. The molecule has 4 heteroatoms. The molecule has 0 saturated carbocycles. The average molecular weight is 348 g/mol. The second kappa shape index (κ2) is 6.94. The molecule has 0 radical (unpaired) electrons. The fourth-order valence-corrected chi connectivity index (χ4v) is 3.77. The molecule has 1 fully saturated rings. The number of hydrogen-bond donors (Lipinski definition) is 0. The van der Waals surface area contributed by atoms with Crippen molar-refractivity contribution in [1.82, 2.24) is 4.90 Å². The van der Waals surface area contributed by atoms with Crippen LogP contribution in [-0.2, 0) is 11.2 Å². The van der Waals surface area contributed by atoms with E-state index < -0.39 is 0 Å². The highest BCUT2D eigenvalue weighted by Crippen LogP contribution is 2.33. The normalized spacial score (nSPS) is 19.2. The third kappa shape index (κ3) is 3.39. The highest BCUT2D eigenvalue weighted by atomic mass is 35.5. The summed E-state index contributed by atoms with van der Waals surface area (Å²) in [5.74, 6) is 0.149. The van der Waals surface area contributed by atoms with Gasteiger partial charge in [0.1, 0.15) is 0 Å². The Morgan fingerprint density at radius 2 is 1.74 bits per heavy atom. The quantitative estimate of drug-likeness (QED) is 0.749. The number of rotatable bonds is 4. The molecule has 0 spiro atoms. The first kappa shape index (κ1) is 16.4. The van der Waals surface area contributed by atoms with E-state index in [2.05, 4.69) is 19.1 Å². The van der Waals surface area contributed by atoms with Gasteiger partial charge < -0.3 is 4.90 Å². The Hall–Kier alpha value is -1.51. The van der Waals surface area contributed by atoms with E-state index in [1.165, 1.54) is 0 Å². The van der Waals surface area contributed by atoms with Gasteiger partial charge in [-0.25, -0.2) is 0 Å². The van der Waals surface area contributed by atoms with Crippen LogP contribution >= 0.6 is 23.2 Å². The fraction of sp³-hybridized carbons (Fsp3) is 0.316. The molecular formula is C19H19Cl2NO. The molecule has 1 aliphatic rings. The number of hydrogen-bond acceptors (Lipinski definition) is 1. The number of carbonyl (C=O) groups excluding carboxylic acids is 1. The minimum atomic E-state index is -0.0430. The maximum atomic E-state index is 12.8. The van der Waals surface area contributed by atoms with E-state index in [9.17, 15) is 4.79 Å². The Morgan fingerprint density at radius 3 is 2.39 bits per heavy atom. The first-order valence-electron chi connectivity index (χ1n) is 7.86. The Bertz CT molecular complexity index is 682. The van der Waals surface area contributed by atoms with Crippen LogP contribution in [0.4, 0.5) is 0 Å². The Kier molecular flexibility index (Phi) is 4.93. The molecule has 3 rings (SSSR count). The monoisotopic (exact) mass is 347 g/mol. The molecule has 2 atom stereocenters. The van der Waals surface area contributed by atoms with E-state index >= 15 is 0 Å². The molecule has 0 aromatic heterocycles. The SMILES string of the molecule is CC(c1ccccc1)N1CCC(Cc2c(Cl)cccc2Cl)C1=O. The molecule has 120 valence electrons.